The third-order valence-electron chi connectivity index (χ3n) is 8.23. The Bertz CT molecular complexity index is 764. The lowest BCUT2D eigenvalue weighted by molar-refractivity contribution is -0.297. The number of aliphatic hydroxyl groups excluding tert-OH is 5. The first-order valence-corrected chi connectivity index (χ1v) is 12.0. The Morgan fingerprint density at radius 2 is 1.91 bits per heavy atom. The molecule has 0 aromatic carbocycles. The fourth-order valence-corrected chi connectivity index (χ4v) is 6.48. The number of hydrogen-bond donors (Lipinski definition) is 5. The summed E-state index contributed by atoms with van der Waals surface area (Å²) in [6.07, 6.45) is 1.33. The van der Waals surface area contributed by atoms with Crippen LogP contribution in [0.15, 0.2) is 22.8 Å². The van der Waals surface area contributed by atoms with Crippen LogP contribution in [0.2, 0.25) is 0 Å². The van der Waals surface area contributed by atoms with Gasteiger partial charge in [0.05, 0.1) is 19.3 Å². The Morgan fingerprint density at radius 3 is 2.55 bits per heavy atom. The summed E-state index contributed by atoms with van der Waals surface area (Å²) >= 11 is 0. The van der Waals surface area contributed by atoms with E-state index in [2.05, 4.69) is 6.92 Å². The first-order valence-electron chi connectivity index (χ1n) is 12.0. The van der Waals surface area contributed by atoms with E-state index in [1.807, 2.05) is 13.8 Å². The van der Waals surface area contributed by atoms with E-state index in [-0.39, 0.29) is 25.7 Å². The molecule has 3 rings (SSSR count). The largest absolute Gasteiger partial charge is 0.396 e. The smallest absolute Gasteiger partial charge is 0.186 e. The van der Waals surface area contributed by atoms with Crippen molar-refractivity contribution in [3.05, 3.63) is 22.8 Å². The molecule has 33 heavy (non-hydrogen) atoms. The van der Waals surface area contributed by atoms with Crippen LogP contribution < -0.4 is 0 Å². The Labute approximate surface area is 195 Å². The third kappa shape index (κ3) is 5.12. The van der Waals surface area contributed by atoms with Gasteiger partial charge in [0.25, 0.3) is 0 Å². The van der Waals surface area contributed by atoms with Crippen LogP contribution in [-0.4, -0.2) is 82.3 Å². The predicted octanol–water partition coefficient (Wildman–Crippen LogP) is 1.23. The highest BCUT2D eigenvalue weighted by molar-refractivity contribution is 5.76. The number of aldehydes is 1. The van der Waals surface area contributed by atoms with Crippen LogP contribution in [0, 0.1) is 16.7 Å². The number of fused-ring (bicyclic) bond motifs is 1. The number of rotatable bonds is 8. The highest BCUT2D eigenvalue weighted by Crippen LogP contribution is 2.61. The van der Waals surface area contributed by atoms with Crippen LogP contribution in [0.5, 0.6) is 0 Å². The summed E-state index contributed by atoms with van der Waals surface area (Å²) in [4.78, 5) is 12.2. The van der Waals surface area contributed by atoms with Crippen LogP contribution >= 0.6 is 0 Å². The number of allylic oxidation sites excluding steroid dienone is 2. The van der Waals surface area contributed by atoms with E-state index < -0.39 is 41.5 Å². The van der Waals surface area contributed by atoms with Crippen molar-refractivity contribution in [2.45, 2.75) is 90.0 Å². The average Bonchev–Trinajstić information content (AvgIpc) is 2.78. The van der Waals surface area contributed by atoms with E-state index in [0.717, 1.165) is 43.1 Å². The second-order valence-corrected chi connectivity index (χ2v) is 10.5. The Balaban J connectivity index is 1.97. The predicted molar refractivity (Wildman–Crippen MR) is 121 cm³/mol. The molecule has 5 N–H and O–H groups in total. The van der Waals surface area contributed by atoms with Gasteiger partial charge in [-0.3, -0.25) is 4.79 Å². The number of carbonyl (C=O) groups excluding carboxylic acids is 1. The SMILES string of the molecule is C/C(=C\CO)CCC1=C(C=O)C[C@H](OC2OCC(O)C(O)C2O)C2[C@@](C)(CO)CCC[C@]12C. The molecule has 1 saturated carbocycles. The molecule has 188 valence electrons. The molecular weight excluding hydrogens is 428 g/mol. The maximum absolute atomic E-state index is 12.2. The molecule has 1 heterocycles. The molecule has 5 unspecified atom stereocenters. The quantitative estimate of drug-likeness (QED) is 0.265. The van der Waals surface area contributed by atoms with Crippen LogP contribution in [0.3, 0.4) is 0 Å². The van der Waals surface area contributed by atoms with Gasteiger partial charge in [0.15, 0.2) is 6.29 Å². The highest BCUT2D eigenvalue weighted by atomic mass is 16.7. The van der Waals surface area contributed by atoms with Crippen molar-refractivity contribution >= 4 is 6.29 Å². The van der Waals surface area contributed by atoms with Crippen molar-refractivity contribution in [2.75, 3.05) is 19.8 Å². The molecule has 1 saturated heterocycles. The zero-order valence-electron chi connectivity index (χ0n) is 19.9. The van der Waals surface area contributed by atoms with Crippen LogP contribution in [0.1, 0.15) is 59.3 Å². The van der Waals surface area contributed by atoms with Crippen molar-refractivity contribution in [3.63, 3.8) is 0 Å². The zero-order chi connectivity index (χ0) is 24.4. The summed E-state index contributed by atoms with van der Waals surface area (Å²) in [6.45, 7) is 5.94. The molecule has 0 bridgehead atoms. The van der Waals surface area contributed by atoms with Crippen molar-refractivity contribution in [1.82, 2.24) is 0 Å². The number of carbonyl (C=O) groups is 1. The van der Waals surface area contributed by atoms with Crippen molar-refractivity contribution in [3.8, 4) is 0 Å². The maximum atomic E-state index is 12.2. The lowest BCUT2D eigenvalue weighted by atomic mass is 9.48. The molecule has 0 radical (unpaired) electrons. The minimum atomic E-state index is -1.42. The first-order chi connectivity index (χ1) is 15.6. The molecule has 8 heteroatoms. The molecule has 8 atom stereocenters. The first kappa shape index (κ1) is 26.5. The van der Waals surface area contributed by atoms with Gasteiger partial charge in [-0.25, -0.2) is 0 Å². The van der Waals surface area contributed by atoms with Gasteiger partial charge in [0, 0.05) is 18.9 Å². The summed E-state index contributed by atoms with van der Waals surface area (Å²) < 4.78 is 11.8. The van der Waals surface area contributed by atoms with Gasteiger partial charge in [-0.15, -0.1) is 0 Å². The fourth-order valence-electron chi connectivity index (χ4n) is 6.48. The maximum Gasteiger partial charge on any atom is 0.186 e. The molecule has 2 fully saturated rings. The molecule has 0 amide bonds. The topological polar surface area (TPSA) is 137 Å². The van der Waals surface area contributed by atoms with Crippen molar-refractivity contribution in [2.24, 2.45) is 16.7 Å². The second kappa shape index (κ2) is 10.6. The average molecular weight is 469 g/mol. The van der Waals surface area contributed by atoms with Gasteiger partial charge in [0.2, 0.25) is 0 Å². The third-order valence-corrected chi connectivity index (χ3v) is 8.23. The van der Waals surface area contributed by atoms with Gasteiger partial charge in [-0.1, -0.05) is 37.5 Å². The summed E-state index contributed by atoms with van der Waals surface area (Å²) in [5.74, 6) is -0.135. The molecule has 0 aromatic heterocycles. The fraction of sp³-hybridized carbons (Fsp3) is 0.800. The monoisotopic (exact) mass is 468 g/mol. The van der Waals surface area contributed by atoms with E-state index in [4.69, 9.17) is 9.47 Å². The molecule has 1 aliphatic heterocycles. The molecular formula is C25H40O8. The van der Waals surface area contributed by atoms with E-state index >= 15 is 0 Å². The van der Waals surface area contributed by atoms with E-state index in [1.165, 1.54) is 0 Å². The normalized spacial score (nSPS) is 42.2. The van der Waals surface area contributed by atoms with Crippen LogP contribution in [0.25, 0.3) is 0 Å². The molecule has 3 aliphatic rings. The Kier molecular flexibility index (Phi) is 8.54. The van der Waals surface area contributed by atoms with Gasteiger partial charge >= 0.3 is 0 Å². The lowest BCUT2D eigenvalue weighted by Crippen LogP contribution is -2.59. The highest BCUT2D eigenvalue weighted by Gasteiger charge is 2.57. The summed E-state index contributed by atoms with van der Waals surface area (Å²) in [6, 6.07) is 0. The number of aliphatic hydroxyl groups is 5. The van der Waals surface area contributed by atoms with E-state index in [9.17, 15) is 30.3 Å². The van der Waals surface area contributed by atoms with E-state index in [0.29, 0.717) is 18.4 Å². The summed E-state index contributed by atoms with van der Waals surface area (Å²) in [5.41, 5.74) is 1.95. The second-order valence-electron chi connectivity index (χ2n) is 10.5. The molecule has 8 nitrogen and oxygen atoms in total. The summed E-state index contributed by atoms with van der Waals surface area (Å²) in [5, 5.41) is 49.9. The molecule has 2 aliphatic carbocycles. The van der Waals surface area contributed by atoms with Crippen LogP contribution in [0.4, 0.5) is 0 Å². The van der Waals surface area contributed by atoms with E-state index in [1.54, 1.807) is 6.08 Å². The minimum Gasteiger partial charge on any atom is -0.396 e. The van der Waals surface area contributed by atoms with Gasteiger partial charge < -0.3 is 35.0 Å². The lowest BCUT2D eigenvalue weighted by Gasteiger charge is -2.58. The molecule has 0 aromatic rings. The standard InChI is InChI=1S/C25H40O8/c1-15(7-10-26)5-6-17-16(12-27)11-19(33-23-21(31)20(30)18(29)13-32-23)22-24(2,14-28)8-4-9-25(17,22)3/h7,12,18-23,26,28-31H,4-6,8-11,13-14H2,1-3H3/b15-7+/t18?,19-,20?,21?,22?,23?,24+,25+/m0/s1. The number of hydrogen-bond acceptors (Lipinski definition) is 8. The summed E-state index contributed by atoms with van der Waals surface area (Å²) in [7, 11) is 0. The van der Waals surface area contributed by atoms with Crippen LogP contribution in [-0.2, 0) is 14.3 Å². The number of ether oxygens (including phenoxy) is 2. The van der Waals surface area contributed by atoms with Gasteiger partial charge in [-0.2, -0.15) is 0 Å². The van der Waals surface area contributed by atoms with Gasteiger partial charge in [0.1, 0.15) is 24.6 Å². The van der Waals surface area contributed by atoms with Crippen molar-refractivity contribution < 1.29 is 39.8 Å². The van der Waals surface area contributed by atoms with Gasteiger partial charge in [-0.05, 0) is 49.0 Å². The molecule has 0 spiro atoms. The Hall–Kier alpha value is -1.13. The Morgan fingerprint density at radius 1 is 1.18 bits per heavy atom. The zero-order valence-corrected chi connectivity index (χ0v) is 19.9. The van der Waals surface area contributed by atoms with Crippen molar-refractivity contribution in [1.29, 1.82) is 0 Å². The minimum absolute atomic E-state index is 0.0198.